The van der Waals surface area contributed by atoms with E-state index >= 15 is 0 Å². The monoisotopic (exact) mass is 535 g/mol. The van der Waals surface area contributed by atoms with Crippen LogP contribution in [0.4, 0.5) is 0 Å². The molecule has 1 N–H and O–H groups in total. The number of aromatic nitrogens is 2. The Kier molecular flexibility index (Phi) is 22.8. The molecular weight excluding hydrogens is 478 g/mol. The van der Waals surface area contributed by atoms with Gasteiger partial charge in [-0.05, 0) is 58.2 Å². The number of aryl methyl sites for hydroxylation is 1. The second-order valence-corrected chi connectivity index (χ2v) is 10.8. The Morgan fingerprint density at radius 1 is 0.737 bits per heavy atom. The summed E-state index contributed by atoms with van der Waals surface area (Å²) < 4.78 is 7.53. The highest BCUT2D eigenvalue weighted by Gasteiger charge is 2.06. The fourth-order valence-electron chi connectivity index (χ4n) is 4.83. The lowest BCUT2D eigenvalue weighted by Crippen LogP contribution is -2.28. The summed E-state index contributed by atoms with van der Waals surface area (Å²) in [5.74, 6) is -0.712. The minimum absolute atomic E-state index is 0.0250. The van der Waals surface area contributed by atoms with E-state index in [1.165, 1.54) is 70.6 Å². The quantitative estimate of drug-likeness (QED) is 0.0877. The van der Waals surface area contributed by atoms with E-state index in [4.69, 9.17) is 9.84 Å². The van der Waals surface area contributed by atoms with Crippen molar-refractivity contribution in [3.05, 3.63) is 18.7 Å². The summed E-state index contributed by atoms with van der Waals surface area (Å²) in [6.45, 7) is 7.17. The average molecular weight is 536 g/mol. The smallest absolute Gasteiger partial charge is 0.305 e. The van der Waals surface area contributed by atoms with Gasteiger partial charge in [0.2, 0.25) is 0 Å². The van der Waals surface area contributed by atoms with Gasteiger partial charge in [-0.1, -0.05) is 84.0 Å². The van der Waals surface area contributed by atoms with E-state index in [1.807, 2.05) is 18.7 Å². The van der Waals surface area contributed by atoms with Crippen molar-refractivity contribution in [2.45, 2.75) is 142 Å². The van der Waals surface area contributed by atoms with Gasteiger partial charge in [-0.3, -0.25) is 9.59 Å². The van der Waals surface area contributed by atoms with E-state index in [1.54, 1.807) is 0 Å². The Balaban J connectivity index is 2.06. The molecule has 1 heterocycles. The number of esters is 1. The summed E-state index contributed by atoms with van der Waals surface area (Å²) in [5.41, 5.74) is 0. The molecule has 7 heteroatoms. The van der Waals surface area contributed by atoms with Gasteiger partial charge in [0.15, 0.2) is 0 Å². The SMILES string of the molecule is CCCCCCCCCOC(=O)CCCCCCCN(CCCCCCCC(=O)O)CCCn1ccnc1. The highest BCUT2D eigenvalue weighted by atomic mass is 16.5. The van der Waals surface area contributed by atoms with Gasteiger partial charge in [0, 0.05) is 31.8 Å². The summed E-state index contributed by atoms with van der Waals surface area (Å²) in [6, 6.07) is 0. The Morgan fingerprint density at radius 2 is 1.29 bits per heavy atom. The van der Waals surface area contributed by atoms with Crippen LogP contribution in [0, 0.1) is 0 Å². The fourth-order valence-corrected chi connectivity index (χ4v) is 4.83. The molecule has 38 heavy (non-hydrogen) atoms. The lowest BCUT2D eigenvalue weighted by atomic mass is 10.1. The average Bonchev–Trinajstić information content (AvgIpc) is 3.42. The van der Waals surface area contributed by atoms with Gasteiger partial charge in [0.25, 0.3) is 0 Å². The van der Waals surface area contributed by atoms with Crippen molar-refractivity contribution in [3.63, 3.8) is 0 Å². The van der Waals surface area contributed by atoms with Gasteiger partial charge in [-0.15, -0.1) is 0 Å². The van der Waals surface area contributed by atoms with Crippen molar-refractivity contribution in [3.8, 4) is 0 Å². The zero-order valence-corrected chi connectivity index (χ0v) is 24.4. The van der Waals surface area contributed by atoms with Crippen LogP contribution in [0.1, 0.15) is 135 Å². The van der Waals surface area contributed by atoms with Gasteiger partial charge in [-0.2, -0.15) is 0 Å². The first-order chi connectivity index (χ1) is 18.6. The van der Waals surface area contributed by atoms with Crippen molar-refractivity contribution in [1.29, 1.82) is 0 Å². The number of aliphatic carboxylic acids is 1. The normalized spacial score (nSPS) is 11.3. The van der Waals surface area contributed by atoms with Gasteiger partial charge < -0.3 is 19.3 Å². The lowest BCUT2D eigenvalue weighted by Gasteiger charge is -2.22. The van der Waals surface area contributed by atoms with Gasteiger partial charge in [0.1, 0.15) is 0 Å². The number of hydrogen-bond acceptors (Lipinski definition) is 5. The maximum Gasteiger partial charge on any atom is 0.305 e. The molecule has 1 aromatic rings. The van der Waals surface area contributed by atoms with E-state index in [-0.39, 0.29) is 5.97 Å². The number of imidazole rings is 1. The number of carbonyl (C=O) groups excluding carboxylic acids is 1. The number of hydrogen-bond donors (Lipinski definition) is 1. The molecule has 0 bridgehead atoms. The first kappa shape index (κ1) is 34.1. The number of carboxylic acids is 1. The van der Waals surface area contributed by atoms with Crippen molar-refractivity contribution in [2.75, 3.05) is 26.2 Å². The van der Waals surface area contributed by atoms with Crippen LogP contribution in [-0.2, 0) is 20.9 Å². The summed E-state index contributed by atoms with van der Waals surface area (Å²) in [4.78, 5) is 29.3. The molecule has 0 aliphatic carbocycles. The van der Waals surface area contributed by atoms with Crippen LogP contribution in [0.5, 0.6) is 0 Å². The zero-order valence-electron chi connectivity index (χ0n) is 24.4. The van der Waals surface area contributed by atoms with Gasteiger partial charge in [-0.25, -0.2) is 4.98 Å². The summed E-state index contributed by atoms with van der Waals surface area (Å²) in [5, 5.41) is 8.76. The number of nitrogens with zero attached hydrogens (tertiary/aromatic N) is 3. The van der Waals surface area contributed by atoms with Crippen molar-refractivity contribution in [2.24, 2.45) is 0 Å². The van der Waals surface area contributed by atoms with Crippen LogP contribution in [0.15, 0.2) is 18.7 Å². The van der Waals surface area contributed by atoms with E-state index in [9.17, 15) is 9.59 Å². The zero-order chi connectivity index (χ0) is 27.5. The summed E-state index contributed by atoms with van der Waals surface area (Å²) in [7, 11) is 0. The molecule has 0 saturated heterocycles. The first-order valence-corrected chi connectivity index (χ1v) is 15.7. The second kappa shape index (κ2) is 25.4. The van der Waals surface area contributed by atoms with Crippen molar-refractivity contribution in [1.82, 2.24) is 14.5 Å². The summed E-state index contributed by atoms with van der Waals surface area (Å²) >= 11 is 0. The topological polar surface area (TPSA) is 84.7 Å². The molecule has 0 amide bonds. The number of carbonyl (C=O) groups is 2. The largest absolute Gasteiger partial charge is 0.481 e. The molecule has 0 fully saturated rings. The Bertz CT molecular complexity index is 666. The molecule has 0 unspecified atom stereocenters. The third-order valence-corrected chi connectivity index (χ3v) is 7.18. The number of rotatable bonds is 28. The molecule has 0 spiro atoms. The van der Waals surface area contributed by atoms with Crippen LogP contribution >= 0.6 is 0 Å². The minimum Gasteiger partial charge on any atom is -0.481 e. The van der Waals surface area contributed by atoms with Crippen LogP contribution in [-0.4, -0.2) is 57.7 Å². The maximum absolute atomic E-state index is 11.9. The van der Waals surface area contributed by atoms with Gasteiger partial charge >= 0.3 is 11.9 Å². The predicted molar refractivity (Wildman–Crippen MR) is 155 cm³/mol. The van der Waals surface area contributed by atoms with Gasteiger partial charge in [0.05, 0.1) is 12.9 Å². The molecule has 0 saturated carbocycles. The van der Waals surface area contributed by atoms with Crippen LogP contribution in [0.25, 0.3) is 0 Å². The highest BCUT2D eigenvalue weighted by molar-refractivity contribution is 5.69. The Hall–Kier alpha value is -1.89. The molecule has 0 aliphatic heterocycles. The van der Waals surface area contributed by atoms with Crippen LogP contribution in [0.2, 0.25) is 0 Å². The Morgan fingerprint density at radius 3 is 1.89 bits per heavy atom. The summed E-state index contributed by atoms with van der Waals surface area (Å²) in [6.07, 6.45) is 27.3. The fraction of sp³-hybridized carbons (Fsp3) is 0.839. The standard InChI is InChI=1S/C31H57N3O4/c1-2-3-4-5-6-13-18-28-38-31(37)21-15-10-8-12-17-24-33(25-19-26-34-27-22-32-29-34)23-16-11-7-9-14-20-30(35)36/h22,27,29H,2-21,23-26,28H2,1H3,(H,35,36). The molecule has 0 radical (unpaired) electrons. The molecular formula is C31H57N3O4. The van der Waals surface area contributed by atoms with Crippen LogP contribution in [0.3, 0.4) is 0 Å². The predicted octanol–water partition coefficient (Wildman–Crippen LogP) is 7.63. The molecule has 0 atom stereocenters. The van der Waals surface area contributed by atoms with Crippen molar-refractivity contribution < 1.29 is 19.4 Å². The van der Waals surface area contributed by atoms with E-state index in [2.05, 4.69) is 21.4 Å². The maximum atomic E-state index is 11.9. The highest BCUT2D eigenvalue weighted by Crippen LogP contribution is 2.11. The second-order valence-electron chi connectivity index (χ2n) is 10.8. The third kappa shape index (κ3) is 22.1. The van der Waals surface area contributed by atoms with E-state index < -0.39 is 5.97 Å². The third-order valence-electron chi connectivity index (χ3n) is 7.18. The molecule has 220 valence electrons. The molecule has 7 nitrogen and oxygen atoms in total. The number of carboxylic acid groups (broad SMARTS) is 1. The molecule has 1 aromatic heterocycles. The molecule has 0 aromatic carbocycles. The van der Waals surface area contributed by atoms with Crippen molar-refractivity contribution >= 4 is 11.9 Å². The van der Waals surface area contributed by atoms with E-state index in [0.717, 1.165) is 71.1 Å². The molecule has 1 rings (SSSR count). The minimum atomic E-state index is -0.687. The van der Waals surface area contributed by atoms with Crippen LogP contribution < -0.4 is 0 Å². The lowest BCUT2D eigenvalue weighted by molar-refractivity contribution is -0.144. The first-order valence-electron chi connectivity index (χ1n) is 15.7. The Labute approximate surface area is 232 Å². The number of ether oxygens (including phenoxy) is 1. The molecule has 0 aliphatic rings. The van der Waals surface area contributed by atoms with E-state index in [0.29, 0.717) is 19.4 Å². The number of unbranched alkanes of at least 4 members (excludes halogenated alkanes) is 14.